The number of ether oxygens (including phenoxy) is 6. The number of esters is 4. The van der Waals surface area contributed by atoms with E-state index in [0.717, 1.165) is 44.6 Å². The molecule has 0 radical (unpaired) electrons. The zero-order valence-corrected chi connectivity index (χ0v) is 26.7. The fraction of sp³-hybridized carbons (Fsp3) is 0.452. The molecule has 2 aliphatic rings. The Morgan fingerprint density at radius 2 is 1.38 bits per heavy atom. The first-order valence-electron chi connectivity index (χ1n) is 14.0. The first kappa shape index (κ1) is 34.0. The second-order valence-electron chi connectivity index (χ2n) is 10.6. The van der Waals surface area contributed by atoms with Gasteiger partial charge in [-0.15, -0.1) is 0 Å². The fourth-order valence-electron chi connectivity index (χ4n) is 5.73. The standard InChI is InChI=1S/C31H33Cl2NO11/c1-15(35)41-25-26(42-16(2)36)28(43-17(3)37)30(44-27(25)29(38)40-5)45-31(39)34(4)24-13-11-19(20-8-6-7-9-21(20)24)18-10-12-22(32)23(33)14-18/h6-10,12,14,19,24-28,30H,11,13H2,1-5H3/t19-,24-,25?,26?,27?,28?,30?/m1/s1. The van der Waals surface area contributed by atoms with Gasteiger partial charge in [0.15, 0.2) is 18.3 Å². The zero-order valence-electron chi connectivity index (χ0n) is 25.2. The average molecular weight is 667 g/mol. The van der Waals surface area contributed by atoms with Crippen LogP contribution in [0.2, 0.25) is 10.0 Å². The van der Waals surface area contributed by atoms with Gasteiger partial charge in [0.2, 0.25) is 12.4 Å². The van der Waals surface area contributed by atoms with Crippen LogP contribution in [-0.4, -0.2) is 79.7 Å². The predicted octanol–water partition coefficient (Wildman–Crippen LogP) is 4.72. The number of benzene rings is 2. The predicted molar refractivity (Wildman–Crippen MR) is 158 cm³/mol. The van der Waals surface area contributed by atoms with Gasteiger partial charge in [0.1, 0.15) is 0 Å². The molecular formula is C31H33Cl2NO11. The van der Waals surface area contributed by atoms with Gasteiger partial charge in [-0.3, -0.25) is 14.4 Å². The number of halogens is 2. The quantitative estimate of drug-likeness (QED) is 0.299. The maximum absolute atomic E-state index is 13.7. The summed E-state index contributed by atoms with van der Waals surface area (Å²) < 4.78 is 32.2. The Balaban J connectivity index is 1.63. The molecule has 5 unspecified atom stereocenters. The number of methoxy groups -OCH3 is 1. The Kier molecular flexibility index (Phi) is 10.9. The summed E-state index contributed by atoms with van der Waals surface area (Å²) in [6.07, 6.45) is -7.91. The summed E-state index contributed by atoms with van der Waals surface area (Å²) >= 11 is 12.4. The van der Waals surface area contributed by atoms with Crippen LogP contribution in [0.25, 0.3) is 0 Å². The third-order valence-corrected chi connectivity index (χ3v) is 8.35. The Morgan fingerprint density at radius 1 is 0.778 bits per heavy atom. The molecule has 45 heavy (non-hydrogen) atoms. The first-order chi connectivity index (χ1) is 21.3. The molecule has 1 saturated heterocycles. The second kappa shape index (κ2) is 14.5. The lowest BCUT2D eigenvalue weighted by atomic mass is 9.76. The smallest absolute Gasteiger partial charge is 0.412 e. The van der Waals surface area contributed by atoms with Crippen LogP contribution in [0.4, 0.5) is 4.79 Å². The highest BCUT2D eigenvalue weighted by Crippen LogP contribution is 2.44. The maximum atomic E-state index is 13.7. The summed E-state index contributed by atoms with van der Waals surface area (Å²) in [5.74, 6) is -3.56. The molecule has 7 atom stereocenters. The number of hydrogen-bond donors (Lipinski definition) is 0. The van der Waals surface area contributed by atoms with Gasteiger partial charge >= 0.3 is 30.0 Å². The highest BCUT2D eigenvalue weighted by molar-refractivity contribution is 6.42. The molecule has 2 aromatic rings. The molecule has 1 heterocycles. The van der Waals surface area contributed by atoms with E-state index in [-0.39, 0.29) is 5.92 Å². The van der Waals surface area contributed by atoms with Crippen molar-refractivity contribution in [3.05, 3.63) is 69.2 Å². The monoisotopic (exact) mass is 665 g/mol. The average Bonchev–Trinajstić information content (AvgIpc) is 2.99. The molecule has 242 valence electrons. The minimum absolute atomic E-state index is 0.00447. The Bertz CT molecular complexity index is 1470. The number of fused-ring (bicyclic) bond motifs is 1. The third kappa shape index (κ3) is 7.69. The van der Waals surface area contributed by atoms with E-state index in [1.807, 2.05) is 36.4 Å². The molecule has 14 heteroatoms. The molecule has 1 amide bonds. The van der Waals surface area contributed by atoms with E-state index in [9.17, 15) is 24.0 Å². The van der Waals surface area contributed by atoms with Crippen LogP contribution in [0.15, 0.2) is 42.5 Å². The van der Waals surface area contributed by atoms with Gasteiger partial charge in [0.25, 0.3) is 0 Å². The lowest BCUT2D eigenvalue weighted by Crippen LogP contribution is -2.64. The number of amides is 1. The fourth-order valence-corrected chi connectivity index (χ4v) is 6.04. The largest absolute Gasteiger partial charge is 0.467 e. The van der Waals surface area contributed by atoms with Crippen molar-refractivity contribution in [3.63, 3.8) is 0 Å². The van der Waals surface area contributed by atoms with Crippen LogP contribution in [-0.2, 0) is 47.6 Å². The van der Waals surface area contributed by atoms with Gasteiger partial charge in [-0.1, -0.05) is 53.5 Å². The van der Waals surface area contributed by atoms with E-state index in [1.54, 1.807) is 6.07 Å². The second-order valence-corrected chi connectivity index (χ2v) is 11.4. The number of rotatable bonds is 7. The van der Waals surface area contributed by atoms with Crippen molar-refractivity contribution in [2.75, 3.05) is 14.2 Å². The van der Waals surface area contributed by atoms with Crippen molar-refractivity contribution in [1.82, 2.24) is 4.90 Å². The van der Waals surface area contributed by atoms with Crippen LogP contribution in [0.3, 0.4) is 0 Å². The van der Waals surface area contributed by atoms with Gasteiger partial charge in [0.05, 0.1) is 23.2 Å². The van der Waals surface area contributed by atoms with E-state index in [1.165, 1.54) is 11.9 Å². The lowest BCUT2D eigenvalue weighted by Gasteiger charge is -2.43. The SMILES string of the molecule is COC(=O)C1OC(OC(=O)N(C)[C@@H]2CC[C@H](c3ccc(Cl)c(Cl)c3)c3ccccc32)C(OC(C)=O)C(OC(C)=O)C1OC(C)=O. The van der Waals surface area contributed by atoms with Crippen LogP contribution in [0, 0.1) is 0 Å². The Morgan fingerprint density at radius 3 is 1.98 bits per heavy atom. The summed E-state index contributed by atoms with van der Waals surface area (Å²) in [5.41, 5.74) is 2.84. The molecule has 0 N–H and O–H groups in total. The Labute approximate surface area is 269 Å². The number of hydrogen-bond acceptors (Lipinski definition) is 11. The van der Waals surface area contributed by atoms with Crippen molar-refractivity contribution in [2.24, 2.45) is 0 Å². The summed E-state index contributed by atoms with van der Waals surface area (Å²) in [5, 5.41) is 0.893. The third-order valence-electron chi connectivity index (χ3n) is 7.61. The number of carbonyl (C=O) groups excluding carboxylic acids is 5. The van der Waals surface area contributed by atoms with E-state index in [4.69, 9.17) is 51.6 Å². The van der Waals surface area contributed by atoms with Crippen LogP contribution < -0.4 is 0 Å². The number of carbonyl (C=O) groups is 5. The van der Waals surface area contributed by atoms with E-state index in [0.29, 0.717) is 22.9 Å². The molecule has 0 bridgehead atoms. The van der Waals surface area contributed by atoms with Crippen molar-refractivity contribution in [1.29, 1.82) is 0 Å². The summed E-state index contributed by atoms with van der Waals surface area (Å²) in [7, 11) is 2.60. The molecule has 0 saturated carbocycles. The highest BCUT2D eigenvalue weighted by Gasteiger charge is 2.56. The van der Waals surface area contributed by atoms with Gasteiger partial charge in [0, 0.05) is 33.7 Å². The maximum Gasteiger partial charge on any atom is 0.412 e. The molecule has 1 aliphatic carbocycles. The minimum atomic E-state index is -1.76. The zero-order chi connectivity index (χ0) is 33.0. The molecule has 4 rings (SSSR count). The summed E-state index contributed by atoms with van der Waals surface area (Å²) in [6, 6.07) is 12.7. The normalized spacial score (nSPS) is 25.6. The molecular weight excluding hydrogens is 633 g/mol. The van der Waals surface area contributed by atoms with Gasteiger partial charge in [-0.25, -0.2) is 9.59 Å². The van der Waals surface area contributed by atoms with Crippen LogP contribution in [0.1, 0.15) is 62.3 Å². The molecule has 2 aromatic carbocycles. The van der Waals surface area contributed by atoms with E-state index >= 15 is 0 Å². The molecule has 1 fully saturated rings. The van der Waals surface area contributed by atoms with Gasteiger partial charge < -0.3 is 33.3 Å². The Hall–Kier alpha value is -3.87. The molecule has 0 aromatic heterocycles. The van der Waals surface area contributed by atoms with Crippen molar-refractivity contribution in [3.8, 4) is 0 Å². The summed E-state index contributed by atoms with van der Waals surface area (Å²) in [6.45, 7) is 3.21. The summed E-state index contributed by atoms with van der Waals surface area (Å²) in [4.78, 5) is 63.8. The molecule has 0 spiro atoms. The topological polar surface area (TPSA) is 144 Å². The first-order valence-corrected chi connectivity index (χ1v) is 14.8. The molecule has 12 nitrogen and oxygen atoms in total. The van der Waals surface area contributed by atoms with Crippen LogP contribution >= 0.6 is 23.2 Å². The van der Waals surface area contributed by atoms with Crippen molar-refractivity contribution >= 4 is 53.2 Å². The molecule has 1 aliphatic heterocycles. The van der Waals surface area contributed by atoms with E-state index in [2.05, 4.69) is 0 Å². The number of nitrogens with zero attached hydrogens (tertiary/aromatic N) is 1. The van der Waals surface area contributed by atoms with E-state index < -0.39 is 66.7 Å². The minimum Gasteiger partial charge on any atom is -0.467 e. The van der Waals surface area contributed by atoms with Gasteiger partial charge in [-0.05, 0) is 41.7 Å². The van der Waals surface area contributed by atoms with Crippen molar-refractivity contribution < 1.29 is 52.4 Å². The van der Waals surface area contributed by atoms with Gasteiger partial charge in [-0.2, -0.15) is 0 Å². The lowest BCUT2D eigenvalue weighted by molar-refractivity contribution is -0.289. The van der Waals surface area contributed by atoms with Crippen LogP contribution in [0.5, 0.6) is 0 Å². The highest BCUT2D eigenvalue weighted by atomic mass is 35.5. The van der Waals surface area contributed by atoms with Crippen molar-refractivity contribution in [2.45, 2.75) is 76.3 Å².